The molecule has 14 rings (SSSR count). The number of nitrogens with zero attached hydrogens (tertiary/aromatic N) is 1. The lowest BCUT2D eigenvalue weighted by molar-refractivity contribution is 0.590. The molecule has 0 amide bonds. The Hall–Kier alpha value is -7.62. The molecule has 0 bridgehead atoms. The van der Waals surface area contributed by atoms with E-state index in [2.05, 4.69) is 238 Å². The molecule has 0 unspecified atom stereocenters. The number of rotatable bonds is 4. The van der Waals surface area contributed by atoms with Gasteiger partial charge in [0.15, 0.2) is 0 Å². The fourth-order valence-electron chi connectivity index (χ4n) is 13.5. The quantitative estimate of drug-likeness (QED) is 0.176. The van der Waals surface area contributed by atoms with E-state index < -0.39 is 0 Å². The molecule has 0 radical (unpaired) electrons. The van der Waals surface area contributed by atoms with Crippen molar-refractivity contribution in [3.05, 3.63) is 208 Å². The summed E-state index contributed by atoms with van der Waals surface area (Å²) >= 11 is 0. The smallest absolute Gasteiger partial charge is 0.144 e. The second-order valence-electron chi connectivity index (χ2n) is 23.3. The summed E-state index contributed by atoms with van der Waals surface area (Å²) < 4.78 is 13.9. The van der Waals surface area contributed by atoms with E-state index in [0.717, 1.165) is 44.7 Å². The Labute approximate surface area is 416 Å². The maximum Gasteiger partial charge on any atom is 0.144 e. The number of aryl methyl sites for hydroxylation is 1. The monoisotopic (exact) mass is 919 g/mol. The number of hydrogen-bond donors (Lipinski definition) is 0. The average molecular weight is 920 g/mol. The van der Waals surface area contributed by atoms with Gasteiger partial charge >= 0.3 is 0 Å². The summed E-state index contributed by atoms with van der Waals surface area (Å²) in [6.07, 6.45) is 0. The molecule has 0 saturated heterocycles. The van der Waals surface area contributed by atoms with Crippen LogP contribution in [0.4, 0.5) is 17.1 Å². The van der Waals surface area contributed by atoms with Crippen LogP contribution in [0.25, 0.3) is 88.4 Å². The number of fused-ring (bicyclic) bond motifs is 19. The zero-order valence-electron chi connectivity index (χ0n) is 42.4. The van der Waals surface area contributed by atoms with Gasteiger partial charge in [0.1, 0.15) is 22.3 Å². The highest BCUT2D eigenvalue weighted by atomic mass is 16.3. The highest BCUT2D eigenvalue weighted by Crippen LogP contribution is 2.64. The van der Waals surface area contributed by atoms with E-state index in [1.165, 1.54) is 105 Å². The number of anilines is 3. The van der Waals surface area contributed by atoms with Gasteiger partial charge in [0, 0.05) is 66.0 Å². The Bertz CT molecular complexity index is 4120. The van der Waals surface area contributed by atoms with E-state index in [1.807, 2.05) is 0 Å². The van der Waals surface area contributed by atoms with E-state index in [0.29, 0.717) is 0 Å². The lowest BCUT2D eigenvalue weighted by Gasteiger charge is -2.32. The Morgan fingerprint density at radius 3 is 1.61 bits per heavy atom. The van der Waals surface area contributed by atoms with E-state index in [-0.39, 0.29) is 21.7 Å². The molecule has 3 nitrogen and oxygen atoms in total. The largest absolute Gasteiger partial charge is 0.455 e. The Morgan fingerprint density at radius 1 is 0.423 bits per heavy atom. The molecule has 0 aliphatic heterocycles. The number of hydrogen-bond acceptors (Lipinski definition) is 3. The standard InChI is InChI=1S/C68H57NO2/c1-38-19-11-16-24-53(38)69(41-31-33-44-50(35-41)66(5,6)52-37-48(39-27-29-40(30-28-39)65(2,3)4)63-58(56(44)52)46-21-13-17-25-54(46)70-63)42-32-34-45-51(36-42)68(9,10)61-57(45)59-47-22-14-18-26-55(47)71-64(59)60-43-20-12-15-23-49(43)67(7,8)62(60)61/h11-37H,1-10H3. The maximum atomic E-state index is 6.99. The molecule has 2 heterocycles. The molecule has 0 atom stereocenters. The topological polar surface area (TPSA) is 29.5 Å². The molecule has 3 aliphatic rings. The number of benzene rings is 9. The van der Waals surface area contributed by atoms with Gasteiger partial charge in [-0.3, -0.25) is 0 Å². The van der Waals surface area contributed by atoms with Crippen LogP contribution in [-0.4, -0.2) is 0 Å². The Morgan fingerprint density at radius 2 is 0.944 bits per heavy atom. The Balaban J connectivity index is 0.973. The molecule has 0 saturated carbocycles. The van der Waals surface area contributed by atoms with Crippen molar-refractivity contribution >= 4 is 60.9 Å². The van der Waals surface area contributed by atoms with Crippen LogP contribution in [0.3, 0.4) is 0 Å². The van der Waals surface area contributed by atoms with Crippen LogP contribution in [0.5, 0.6) is 0 Å². The molecule has 3 aliphatic carbocycles. The summed E-state index contributed by atoms with van der Waals surface area (Å²) in [6.45, 7) is 23.6. The first kappa shape index (κ1) is 42.3. The second-order valence-corrected chi connectivity index (χ2v) is 23.3. The molecule has 9 aromatic carbocycles. The van der Waals surface area contributed by atoms with Gasteiger partial charge in [0.05, 0.1) is 0 Å². The van der Waals surface area contributed by atoms with Crippen molar-refractivity contribution in [2.24, 2.45) is 0 Å². The maximum absolute atomic E-state index is 6.99. The van der Waals surface area contributed by atoms with Crippen molar-refractivity contribution in [3.63, 3.8) is 0 Å². The van der Waals surface area contributed by atoms with Gasteiger partial charge in [0.2, 0.25) is 0 Å². The van der Waals surface area contributed by atoms with Crippen LogP contribution in [0.2, 0.25) is 0 Å². The first-order chi connectivity index (χ1) is 34.0. The summed E-state index contributed by atoms with van der Waals surface area (Å²) in [5, 5.41) is 4.75. The predicted octanol–water partition coefficient (Wildman–Crippen LogP) is 19.1. The van der Waals surface area contributed by atoms with Crippen molar-refractivity contribution in [3.8, 4) is 44.5 Å². The summed E-state index contributed by atoms with van der Waals surface area (Å²) in [6, 6.07) is 61.1. The lowest BCUT2D eigenvalue weighted by Crippen LogP contribution is -2.24. The highest BCUT2D eigenvalue weighted by Gasteiger charge is 2.49. The first-order valence-electron chi connectivity index (χ1n) is 25.4. The predicted molar refractivity (Wildman–Crippen MR) is 297 cm³/mol. The lowest BCUT2D eigenvalue weighted by atomic mass is 9.72. The summed E-state index contributed by atoms with van der Waals surface area (Å²) in [5.41, 5.74) is 27.1. The van der Waals surface area contributed by atoms with Crippen LogP contribution >= 0.6 is 0 Å². The molecule has 0 fully saturated rings. The van der Waals surface area contributed by atoms with Crippen LogP contribution in [0.15, 0.2) is 173 Å². The molecule has 0 spiro atoms. The van der Waals surface area contributed by atoms with Gasteiger partial charge < -0.3 is 13.7 Å². The first-order valence-corrected chi connectivity index (χ1v) is 25.4. The molecular weight excluding hydrogens is 863 g/mol. The van der Waals surface area contributed by atoms with Gasteiger partial charge in [-0.15, -0.1) is 0 Å². The van der Waals surface area contributed by atoms with E-state index >= 15 is 0 Å². The Kier molecular flexibility index (Phi) is 8.36. The molecule has 346 valence electrons. The molecule has 11 aromatic rings. The summed E-state index contributed by atoms with van der Waals surface area (Å²) in [7, 11) is 0. The van der Waals surface area contributed by atoms with Crippen molar-refractivity contribution in [1.82, 2.24) is 0 Å². The zero-order chi connectivity index (χ0) is 48.7. The summed E-state index contributed by atoms with van der Waals surface area (Å²) in [5.74, 6) is 0. The van der Waals surface area contributed by atoms with Crippen molar-refractivity contribution in [2.75, 3.05) is 4.90 Å². The fraction of sp³-hybridized carbons (Fsp3) is 0.206. The second kappa shape index (κ2) is 14.0. The zero-order valence-corrected chi connectivity index (χ0v) is 42.4. The van der Waals surface area contributed by atoms with Crippen molar-refractivity contribution in [1.29, 1.82) is 0 Å². The van der Waals surface area contributed by atoms with E-state index in [4.69, 9.17) is 8.83 Å². The number of para-hydroxylation sites is 3. The van der Waals surface area contributed by atoms with E-state index in [1.54, 1.807) is 0 Å². The highest BCUT2D eigenvalue weighted by molar-refractivity contribution is 6.21. The van der Waals surface area contributed by atoms with Gasteiger partial charge in [-0.25, -0.2) is 0 Å². The number of furan rings is 2. The van der Waals surface area contributed by atoms with Crippen LogP contribution in [-0.2, 0) is 21.7 Å². The minimum Gasteiger partial charge on any atom is -0.455 e. The fourth-order valence-corrected chi connectivity index (χ4v) is 13.5. The molecular formula is C68H57NO2. The van der Waals surface area contributed by atoms with Gasteiger partial charge in [-0.2, -0.15) is 0 Å². The van der Waals surface area contributed by atoms with Gasteiger partial charge in [-0.05, 0) is 139 Å². The average Bonchev–Trinajstić information content (AvgIpc) is 4.12. The van der Waals surface area contributed by atoms with Crippen molar-refractivity contribution < 1.29 is 8.83 Å². The third kappa shape index (κ3) is 5.55. The summed E-state index contributed by atoms with van der Waals surface area (Å²) in [4.78, 5) is 2.51. The molecule has 0 N–H and O–H groups in total. The van der Waals surface area contributed by atoms with Crippen LogP contribution in [0, 0.1) is 6.92 Å². The van der Waals surface area contributed by atoms with Gasteiger partial charge in [0.25, 0.3) is 0 Å². The third-order valence-electron chi connectivity index (χ3n) is 17.1. The van der Waals surface area contributed by atoms with Crippen LogP contribution in [0.1, 0.15) is 107 Å². The SMILES string of the molecule is Cc1ccccc1N(c1ccc2c(c1)C(C)(C)c1cc(-c3ccc(C(C)(C)C)cc3)c3oc4ccccc4c3c1-2)c1ccc2c(c1)C(C)(C)c1c3c(c4oc5ccccc5c4c1-2)-c1ccccc1C3(C)C. The van der Waals surface area contributed by atoms with Crippen molar-refractivity contribution in [2.45, 2.75) is 90.9 Å². The normalized spacial score (nSPS) is 15.5. The van der Waals surface area contributed by atoms with E-state index in [9.17, 15) is 0 Å². The minimum atomic E-state index is -0.320. The molecule has 2 aromatic heterocycles. The van der Waals surface area contributed by atoms with Crippen LogP contribution < -0.4 is 4.90 Å². The van der Waals surface area contributed by atoms with Gasteiger partial charge in [-0.1, -0.05) is 178 Å². The molecule has 71 heavy (non-hydrogen) atoms. The minimum absolute atomic E-state index is 0.0620. The molecule has 3 heteroatoms. The third-order valence-corrected chi connectivity index (χ3v) is 17.1.